The number of hydrogen-bond acceptors (Lipinski definition) is 6. The van der Waals surface area contributed by atoms with E-state index in [4.69, 9.17) is 18.9 Å². The minimum absolute atomic E-state index is 0.0220. The van der Waals surface area contributed by atoms with Crippen LogP contribution in [0.5, 0.6) is 11.5 Å². The van der Waals surface area contributed by atoms with Crippen molar-refractivity contribution in [2.75, 3.05) is 40.5 Å². The number of rotatable bonds is 13. The second kappa shape index (κ2) is 21.6. The van der Waals surface area contributed by atoms with Crippen molar-refractivity contribution in [3.8, 4) is 11.5 Å². The Labute approximate surface area is 258 Å². The maximum absolute atomic E-state index is 11.9. The van der Waals surface area contributed by atoms with Gasteiger partial charge in [0.2, 0.25) is 0 Å². The van der Waals surface area contributed by atoms with Gasteiger partial charge in [-0.3, -0.25) is 4.90 Å². The van der Waals surface area contributed by atoms with E-state index in [0.29, 0.717) is 26.2 Å². The van der Waals surface area contributed by atoms with Gasteiger partial charge in [-0.2, -0.15) is 0 Å². The first-order chi connectivity index (χ1) is 19.2. The van der Waals surface area contributed by atoms with Crippen molar-refractivity contribution in [2.45, 2.75) is 70.1 Å². The van der Waals surface area contributed by atoms with E-state index in [1.54, 1.807) is 14.2 Å². The molecule has 9 atom stereocenters. The SMILES string of the molecule is CCCNC(=O)O[C@@H]1CCN([C@@H]2CCCC[C@H]2OCCc2ccc(OC)c(OC)c2)C1.PPP(P(P)P)P(P)P. The number of ether oxygens (including phenoxy) is 4. The zero-order valence-electron chi connectivity index (χ0n) is 24.0. The molecular weight excluding hydrogens is 675 g/mol. The zero-order chi connectivity index (χ0) is 29.5. The lowest BCUT2D eigenvalue weighted by molar-refractivity contribution is -0.0319. The molecule has 3 rings (SSSR count). The molecule has 1 aliphatic heterocycles. The number of nitrogens with zero attached hydrogens (tertiary/aromatic N) is 1. The van der Waals surface area contributed by atoms with Crippen LogP contribution in [0.2, 0.25) is 0 Å². The van der Waals surface area contributed by atoms with E-state index in [-0.39, 0.29) is 32.3 Å². The van der Waals surface area contributed by atoms with Crippen molar-refractivity contribution >= 4 is 79.7 Å². The minimum atomic E-state index is -0.292. The van der Waals surface area contributed by atoms with Gasteiger partial charge in [-0.1, -0.05) is 33.8 Å². The van der Waals surface area contributed by atoms with Crippen LogP contribution in [-0.4, -0.2) is 69.7 Å². The topological polar surface area (TPSA) is 69.3 Å². The highest BCUT2D eigenvalue weighted by Crippen LogP contribution is 3.04. The summed E-state index contributed by atoms with van der Waals surface area (Å²) < 4.78 is 22.7. The molecular formula is C24H49N2O5P9. The maximum atomic E-state index is 11.9. The van der Waals surface area contributed by atoms with Crippen LogP contribution in [0, 0.1) is 0 Å². The van der Waals surface area contributed by atoms with Crippen molar-refractivity contribution in [3.63, 3.8) is 0 Å². The van der Waals surface area contributed by atoms with Crippen molar-refractivity contribution in [1.29, 1.82) is 0 Å². The van der Waals surface area contributed by atoms with Crippen LogP contribution in [0.3, 0.4) is 0 Å². The molecule has 1 saturated carbocycles. The van der Waals surface area contributed by atoms with Crippen LogP contribution in [0.4, 0.5) is 4.79 Å². The third-order valence-corrected chi connectivity index (χ3v) is 51.1. The summed E-state index contributed by atoms with van der Waals surface area (Å²) in [6.45, 7) is 5.79. The highest BCUT2D eigenvalue weighted by atomic mass is 33.2. The van der Waals surface area contributed by atoms with Crippen LogP contribution in [-0.2, 0) is 15.9 Å². The van der Waals surface area contributed by atoms with Gasteiger partial charge in [0.1, 0.15) is 6.10 Å². The fourth-order valence-electron chi connectivity index (χ4n) is 4.88. The van der Waals surface area contributed by atoms with E-state index in [2.05, 4.69) is 60.9 Å². The average molecular weight is 724 g/mol. The molecule has 1 amide bonds. The lowest BCUT2D eigenvalue weighted by Gasteiger charge is -2.37. The second-order valence-electron chi connectivity index (χ2n) is 9.62. The van der Waals surface area contributed by atoms with Crippen LogP contribution in [0.25, 0.3) is 0 Å². The summed E-state index contributed by atoms with van der Waals surface area (Å²) in [7, 11) is 18.9. The largest absolute Gasteiger partial charge is 0.493 e. The predicted molar refractivity (Wildman–Crippen MR) is 198 cm³/mol. The number of methoxy groups -OCH3 is 2. The molecule has 0 aromatic heterocycles. The summed E-state index contributed by atoms with van der Waals surface area (Å²) in [6, 6.07) is 6.44. The second-order valence-corrected chi connectivity index (χ2v) is 40.3. The Hall–Kier alpha value is 1.88. The van der Waals surface area contributed by atoms with Gasteiger partial charge in [0.15, 0.2) is 11.5 Å². The summed E-state index contributed by atoms with van der Waals surface area (Å²) in [6.07, 6.45) is 7.26. The number of nitrogens with one attached hydrogen (secondary N) is 1. The number of hydrogen-bond donors (Lipinski definition) is 1. The van der Waals surface area contributed by atoms with Gasteiger partial charge >= 0.3 is 6.09 Å². The number of alkyl carbamates (subject to hydrolysis) is 1. The van der Waals surface area contributed by atoms with Crippen LogP contribution >= 0.6 is 73.6 Å². The Morgan fingerprint density at radius 2 is 1.77 bits per heavy atom. The third-order valence-electron chi connectivity index (χ3n) is 6.83. The van der Waals surface area contributed by atoms with E-state index in [1.807, 2.05) is 19.1 Å². The number of likely N-dealkylation sites (tertiary alicyclic amines) is 1. The van der Waals surface area contributed by atoms with Crippen molar-refractivity contribution in [2.24, 2.45) is 0 Å². The molecule has 2 aliphatic rings. The monoisotopic (exact) mass is 724 g/mol. The molecule has 1 aromatic rings. The van der Waals surface area contributed by atoms with Gasteiger partial charge in [-0.15, -0.1) is 44.6 Å². The molecule has 2 fully saturated rings. The third kappa shape index (κ3) is 13.5. The van der Waals surface area contributed by atoms with Crippen LogP contribution in [0.15, 0.2) is 18.2 Å². The number of carbonyl (C=O) groups excluding carboxylic acids is 1. The van der Waals surface area contributed by atoms with Crippen LogP contribution in [0.1, 0.15) is 51.0 Å². The molecule has 1 N–H and O–H groups in total. The Morgan fingerprint density at radius 1 is 1.07 bits per heavy atom. The van der Waals surface area contributed by atoms with Gasteiger partial charge < -0.3 is 24.3 Å². The molecule has 230 valence electrons. The normalized spacial score (nSPS) is 21.6. The minimum Gasteiger partial charge on any atom is -0.493 e. The van der Waals surface area contributed by atoms with Crippen molar-refractivity contribution in [3.05, 3.63) is 23.8 Å². The Kier molecular flexibility index (Phi) is 20.5. The lowest BCUT2D eigenvalue weighted by Crippen LogP contribution is -2.46. The molecule has 1 aliphatic carbocycles. The quantitative estimate of drug-likeness (QED) is 0.206. The number of amides is 1. The molecule has 1 aromatic carbocycles. The summed E-state index contributed by atoms with van der Waals surface area (Å²) >= 11 is 0. The first-order valence-corrected chi connectivity index (χ1v) is 29.2. The molecule has 0 radical (unpaired) electrons. The Balaban J connectivity index is 0.000000536. The lowest BCUT2D eigenvalue weighted by atomic mass is 9.91. The smallest absolute Gasteiger partial charge is 0.407 e. The predicted octanol–water partition coefficient (Wildman–Crippen LogP) is 8.59. The van der Waals surface area contributed by atoms with Gasteiger partial charge in [-0.05, 0) is 70.8 Å². The van der Waals surface area contributed by atoms with E-state index in [9.17, 15) is 4.79 Å². The summed E-state index contributed by atoms with van der Waals surface area (Å²) in [5.74, 6) is 1.50. The Morgan fingerprint density at radius 3 is 2.38 bits per heavy atom. The fraction of sp³-hybridized carbons (Fsp3) is 0.708. The molecule has 7 nitrogen and oxygen atoms in total. The van der Waals surface area contributed by atoms with Gasteiger partial charge in [0, 0.05) is 25.7 Å². The standard InChI is InChI=1S/C24H38N2O5.H11P9/c1-4-13-25-24(27)31-19-11-14-26(17-19)20-7-5-6-8-21(20)30-15-12-18-9-10-22(28-2)23(16-18)29-3;1-6-9(7(2)3)8(4)5/h9-10,16,19-21H,4-8,11-15,17H2,1-3H3,(H,25,27);6H,1-5H2/t19-,20-,21-;/m1./s1. The fourth-order valence-corrected chi connectivity index (χ4v) is 66.0. The van der Waals surface area contributed by atoms with Crippen molar-refractivity contribution < 1.29 is 23.7 Å². The molecule has 6 unspecified atom stereocenters. The van der Waals surface area contributed by atoms with Gasteiger partial charge in [0.25, 0.3) is 0 Å². The first-order valence-electron chi connectivity index (χ1n) is 13.6. The molecule has 1 saturated heterocycles. The summed E-state index contributed by atoms with van der Waals surface area (Å²) in [5.41, 5.74) is 1.18. The summed E-state index contributed by atoms with van der Waals surface area (Å²) in [4.78, 5) is 14.3. The average Bonchev–Trinajstić information content (AvgIpc) is 3.40. The highest BCUT2D eigenvalue weighted by Gasteiger charge is 2.36. The number of benzene rings is 1. The highest BCUT2D eigenvalue weighted by molar-refractivity contribution is 9.10. The number of carbonyl (C=O) groups is 1. The molecule has 0 spiro atoms. The zero-order valence-corrected chi connectivity index (χ0v) is 33.4. The molecule has 40 heavy (non-hydrogen) atoms. The van der Waals surface area contributed by atoms with E-state index >= 15 is 0 Å². The first kappa shape index (κ1) is 38.1. The van der Waals surface area contributed by atoms with E-state index in [1.165, 1.54) is 18.4 Å². The molecule has 16 heteroatoms. The molecule has 0 bridgehead atoms. The van der Waals surface area contributed by atoms with Gasteiger partial charge in [-0.25, -0.2) is 4.79 Å². The Bertz CT molecular complexity index is 866. The van der Waals surface area contributed by atoms with Gasteiger partial charge in [0.05, 0.1) is 26.9 Å². The maximum Gasteiger partial charge on any atom is 0.407 e. The summed E-state index contributed by atoms with van der Waals surface area (Å²) in [5, 5.41) is 2.80. The van der Waals surface area contributed by atoms with Crippen molar-refractivity contribution in [1.82, 2.24) is 10.2 Å². The van der Waals surface area contributed by atoms with E-state index in [0.717, 1.165) is 64.7 Å². The molecule has 1 heterocycles. The van der Waals surface area contributed by atoms with Crippen LogP contribution < -0.4 is 14.8 Å². The van der Waals surface area contributed by atoms with E-state index < -0.39 is 0 Å².